The van der Waals surface area contributed by atoms with Crippen molar-refractivity contribution < 1.29 is 4.79 Å². The highest BCUT2D eigenvalue weighted by molar-refractivity contribution is 5.76. The van der Waals surface area contributed by atoms with Crippen molar-refractivity contribution >= 4 is 11.6 Å². The molecular formula is C20H31N3O. The summed E-state index contributed by atoms with van der Waals surface area (Å²) < 4.78 is 0. The Balaban J connectivity index is 1.42. The summed E-state index contributed by atoms with van der Waals surface area (Å²) in [5.41, 5.74) is 4.12. The van der Waals surface area contributed by atoms with Gasteiger partial charge >= 0.3 is 0 Å². The third kappa shape index (κ3) is 4.29. The maximum Gasteiger partial charge on any atom is 0.221 e. The number of amides is 1. The molecule has 1 aromatic carbocycles. The summed E-state index contributed by atoms with van der Waals surface area (Å²) in [5.74, 6) is 0.235. The molecule has 0 unspecified atom stereocenters. The summed E-state index contributed by atoms with van der Waals surface area (Å²) in [6, 6.07) is 7.00. The number of rotatable bonds is 5. The van der Waals surface area contributed by atoms with Gasteiger partial charge in [0.25, 0.3) is 0 Å². The zero-order valence-electron chi connectivity index (χ0n) is 15.2. The minimum absolute atomic E-state index is 0.235. The summed E-state index contributed by atoms with van der Waals surface area (Å²) in [7, 11) is 0. The molecule has 3 rings (SSSR count). The summed E-state index contributed by atoms with van der Waals surface area (Å²) in [6.07, 6.45) is 5.51. The van der Waals surface area contributed by atoms with Crippen molar-refractivity contribution in [1.29, 1.82) is 0 Å². The van der Waals surface area contributed by atoms with E-state index in [0.29, 0.717) is 12.5 Å². The fraction of sp³-hybridized carbons (Fsp3) is 0.650. The van der Waals surface area contributed by atoms with Gasteiger partial charge in [-0.2, -0.15) is 0 Å². The van der Waals surface area contributed by atoms with Gasteiger partial charge in [0.1, 0.15) is 0 Å². The second-order valence-electron chi connectivity index (χ2n) is 7.35. The number of carbonyl (C=O) groups is 1. The van der Waals surface area contributed by atoms with E-state index in [9.17, 15) is 4.79 Å². The highest BCUT2D eigenvalue weighted by atomic mass is 16.1. The van der Waals surface area contributed by atoms with Crippen LogP contribution >= 0.6 is 0 Å². The van der Waals surface area contributed by atoms with Crippen molar-refractivity contribution in [2.45, 2.75) is 52.0 Å². The van der Waals surface area contributed by atoms with Crippen LogP contribution in [0.25, 0.3) is 0 Å². The number of benzene rings is 1. The molecule has 0 bridgehead atoms. The lowest BCUT2D eigenvalue weighted by atomic mass is 10.1. The largest absolute Gasteiger partial charge is 0.369 e. The maximum atomic E-state index is 12.1. The van der Waals surface area contributed by atoms with Gasteiger partial charge in [0.2, 0.25) is 5.91 Å². The first-order valence-corrected chi connectivity index (χ1v) is 9.46. The highest BCUT2D eigenvalue weighted by Crippen LogP contribution is 2.24. The predicted molar refractivity (Wildman–Crippen MR) is 99.6 cm³/mol. The zero-order valence-corrected chi connectivity index (χ0v) is 15.2. The molecule has 4 heteroatoms. The Morgan fingerprint density at radius 3 is 2.54 bits per heavy atom. The molecule has 1 saturated heterocycles. The fourth-order valence-corrected chi connectivity index (χ4v) is 3.92. The van der Waals surface area contributed by atoms with Crippen LogP contribution in [0, 0.1) is 13.8 Å². The normalized spacial score (nSPS) is 19.7. The maximum absolute atomic E-state index is 12.1. The molecule has 2 aliphatic rings. The first-order valence-electron chi connectivity index (χ1n) is 9.46. The Hall–Kier alpha value is -1.55. The number of hydrogen-bond acceptors (Lipinski definition) is 3. The molecular weight excluding hydrogens is 298 g/mol. The molecule has 2 fully saturated rings. The summed E-state index contributed by atoms with van der Waals surface area (Å²) >= 11 is 0. The topological polar surface area (TPSA) is 35.6 Å². The number of carbonyl (C=O) groups excluding carboxylic acids is 1. The van der Waals surface area contributed by atoms with E-state index in [4.69, 9.17) is 0 Å². The molecule has 1 aliphatic carbocycles. The van der Waals surface area contributed by atoms with Gasteiger partial charge in [0.05, 0.1) is 0 Å². The van der Waals surface area contributed by atoms with Crippen LogP contribution in [0.2, 0.25) is 0 Å². The first-order chi connectivity index (χ1) is 11.6. The molecule has 0 radical (unpaired) electrons. The molecule has 1 saturated carbocycles. The SMILES string of the molecule is Cc1cccc(N2CCN(CCC(=O)NC3CCCC3)CC2)c1C. The molecule has 1 N–H and O–H groups in total. The van der Waals surface area contributed by atoms with Crippen LogP contribution in [0.3, 0.4) is 0 Å². The minimum Gasteiger partial charge on any atom is -0.369 e. The number of piperazine rings is 1. The number of anilines is 1. The molecule has 0 aromatic heterocycles. The van der Waals surface area contributed by atoms with E-state index in [1.54, 1.807) is 0 Å². The quantitative estimate of drug-likeness (QED) is 0.902. The molecule has 132 valence electrons. The van der Waals surface area contributed by atoms with Gasteiger partial charge in [-0.25, -0.2) is 0 Å². The van der Waals surface area contributed by atoms with Crippen LogP contribution in [-0.4, -0.2) is 49.6 Å². The lowest BCUT2D eigenvalue weighted by molar-refractivity contribution is -0.122. The molecule has 24 heavy (non-hydrogen) atoms. The standard InChI is InChI=1S/C20H31N3O/c1-16-6-5-9-19(17(16)2)23-14-12-22(13-15-23)11-10-20(24)21-18-7-3-4-8-18/h5-6,9,18H,3-4,7-8,10-15H2,1-2H3,(H,21,24). The molecule has 0 atom stereocenters. The monoisotopic (exact) mass is 329 g/mol. The molecule has 1 aliphatic heterocycles. The van der Waals surface area contributed by atoms with Crippen LogP contribution in [0.5, 0.6) is 0 Å². The molecule has 1 amide bonds. The van der Waals surface area contributed by atoms with Crippen molar-refractivity contribution in [3.05, 3.63) is 29.3 Å². The summed E-state index contributed by atoms with van der Waals surface area (Å²) in [6.45, 7) is 9.47. The van der Waals surface area contributed by atoms with E-state index < -0.39 is 0 Å². The van der Waals surface area contributed by atoms with Crippen LogP contribution in [0.15, 0.2) is 18.2 Å². The van der Waals surface area contributed by atoms with E-state index in [2.05, 4.69) is 47.2 Å². The van der Waals surface area contributed by atoms with Crippen LogP contribution < -0.4 is 10.2 Å². The van der Waals surface area contributed by atoms with E-state index in [-0.39, 0.29) is 5.91 Å². The number of aryl methyl sites for hydroxylation is 1. The third-order valence-electron chi connectivity index (χ3n) is 5.66. The highest BCUT2D eigenvalue weighted by Gasteiger charge is 2.20. The van der Waals surface area contributed by atoms with Gasteiger partial charge in [-0.1, -0.05) is 25.0 Å². The van der Waals surface area contributed by atoms with Gasteiger partial charge in [0, 0.05) is 50.9 Å². The Labute approximate surface area is 146 Å². The number of nitrogens with zero attached hydrogens (tertiary/aromatic N) is 2. The second kappa shape index (κ2) is 8.02. The van der Waals surface area contributed by atoms with Crippen molar-refractivity contribution in [2.75, 3.05) is 37.6 Å². The van der Waals surface area contributed by atoms with Crippen LogP contribution in [-0.2, 0) is 4.79 Å². The Bertz CT molecular complexity index is 558. The predicted octanol–water partition coefficient (Wildman–Crippen LogP) is 2.87. The molecule has 1 aromatic rings. The molecule has 1 heterocycles. The Kier molecular flexibility index (Phi) is 5.77. The summed E-state index contributed by atoms with van der Waals surface area (Å²) in [5, 5.41) is 3.19. The zero-order chi connectivity index (χ0) is 16.9. The average Bonchev–Trinajstić information content (AvgIpc) is 3.09. The molecule has 0 spiro atoms. The molecule has 4 nitrogen and oxygen atoms in total. The van der Waals surface area contributed by atoms with E-state index in [0.717, 1.165) is 32.7 Å². The fourth-order valence-electron chi connectivity index (χ4n) is 3.92. The first kappa shape index (κ1) is 17.3. The van der Waals surface area contributed by atoms with Gasteiger partial charge in [0.15, 0.2) is 0 Å². The Morgan fingerprint density at radius 2 is 1.83 bits per heavy atom. The van der Waals surface area contributed by atoms with Gasteiger partial charge in [-0.15, -0.1) is 0 Å². The number of nitrogens with one attached hydrogen (secondary N) is 1. The van der Waals surface area contributed by atoms with Crippen molar-refractivity contribution in [2.24, 2.45) is 0 Å². The van der Waals surface area contributed by atoms with Crippen molar-refractivity contribution in [3.8, 4) is 0 Å². The Morgan fingerprint density at radius 1 is 1.12 bits per heavy atom. The van der Waals surface area contributed by atoms with E-state index >= 15 is 0 Å². The second-order valence-corrected chi connectivity index (χ2v) is 7.35. The smallest absolute Gasteiger partial charge is 0.221 e. The summed E-state index contributed by atoms with van der Waals surface area (Å²) in [4.78, 5) is 17.0. The third-order valence-corrected chi connectivity index (χ3v) is 5.66. The lowest BCUT2D eigenvalue weighted by Crippen LogP contribution is -2.47. The van der Waals surface area contributed by atoms with Gasteiger partial charge in [-0.3, -0.25) is 9.69 Å². The van der Waals surface area contributed by atoms with Gasteiger partial charge < -0.3 is 10.2 Å². The number of hydrogen-bond donors (Lipinski definition) is 1. The van der Waals surface area contributed by atoms with Crippen LogP contribution in [0.1, 0.15) is 43.2 Å². The lowest BCUT2D eigenvalue weighted by Gasteiger charge is -2.37. The van der Waals surface area contributed by atoms with Crippen LogP contribution in [0.4, 0.5) is 5.69 Å². The average molecular weight is 329 g/mol. The minimum atomic E-state index is 0.235. The van der Waals surface area contributed by atoms with Gasteiger partial charge in [-0.05, 0) is 43.9 Å². The van der Waals surface area contributed by atoms with E-state index in [1.807, 2.05) is 0 Å². The van der Waals surface area contributed by atoms with Crippen molar-refractivity contribution in [1.82, 2.24) is 10.2 Å². The van der Waals surface area contributed by atoms with E-state index in [1.165, 1.54) is 42.5 Å². The van der Waals surface area contributed by atoms with Crippen molar-refractivity contribution in [3.63, 3.8) is 0 Å².